The zero-order chi connectivity index (χ0) is 18.1. The van der Waals surface area contributed by atoms with Crippen LogP contribution in [0.5, 0.6) is 0 Å². The lowest BCUT2D eigenvalue weighted by atomic mass is 10.00. The molecule has 0 aliphatic carbocycles. The largest absolute Gasteiger partial charge is 0.392 e. The molecule has 0 aliphatic rings. The summed E-state index contributed by atoms with van der Waals surface area (Å²) in [6.07, 6.45) is -0.357. The second-order valence-electron chi connectivity index (χ2n) is 6.47. The lowest BCUT2D eigenvalue weighted by Crippen LogP contribution is -2.23. The second-order valence-corrected chi connectivity index (χ2v) is 6.47. The molecule has 0 fully saturated rings. The first-order chi connectivity index (χ1) is 12.6. The highest BCUT2D eigenvalue weighted by molar-refractivity contribution is 5.97. The summed E-state index contributed by atoms with van der Waals surface area (Å²) in [5, 5.41) is 20.2. The number of pyridine rings is 1. The van der Waals surface area contributed by atoms with Crippen LogP contribution in [0, 0.1) is 0 Å². The van der Waals surface area contributed by atoms with Gasteiger partial charge < -0.3 is 10.4 Å². The Morgan fingerprint density at radius 3 is 2.73 bits per heavy atom. The first-order valence-corrected chi connectivity index (χ1v) is 8.60. The molecule has 0 saturated heterocycles. The van der Waals surface area contributed by atoms with Crippen molar-refractivity contribution in [2.75, 3.05) is 6.54 Å². The highest BCUT2D eigenvalue weighted by Crippen LogP contribution is 2.29. The number of hydrogen-bond donors (Lipinski definition) is 3. The number of aliphatic hydroxyl groups is 1. The minimum absolute atomic E-state index is 0.234. The Hall–Kier alpha value is -2.96. The van der Waals surface area contributed by atoms with Crippen LogP contribution in [-0.4, -0.2) is 32.4 Å². The molecule has 2 aromatic carbocycles. The number of benzene rings is 2. The molecule has 4 aromatic rings. The third-order valence-corrected chi connectivity index (χ3v) is 4.44. The lowest BCUT2D eigenvalue weighted by Gasteiger charge is -2.10. The first kappa shape index (κ1) is 16.5. The van der Waals surface area contributed by atoms with Crippen molar-refractivity contribution in [3.8, 4) is 11.1 Å². The predicted octanol–water partition coefficient (Wildman–Crippen LogP) is 2.31. The molecular weight excluding hydrogens is 328 g/mol. The number of rotatable bonds is 5. The molecule has 6 nitrogen and oxygen atoms in total. The Bertz CT molecular complexity index is 1110. The average Bonchev–Trinajstić information content (AvgIpc) is 3.03. The highest BCUT2D eigenvalue weighted by atomic mass is 16.3. The van der Waals surface area contributed by atoms with Crippen molar-refractivity contribution in [2.45, 2.75) is 19.6 Å². The van der Waals surface area contributed by atoms with E-state index in [4.69, 9.17) is 0 Å². The van der Waals surface area contributed by atoms with Crippen LogP contribution >= 0.6 is 0 Å². The van der Waals surface area contributed by atoms with Gasteiger partial charge in [0.2, 0.25) is 0 Å². The molecule has 0 aliphatic heterocycles. The molecule has 2 aromatic heterocycles. The zero-order valence-electron chi connectivity index (χ0n) is 14.4. The summed E-state index contributed by atoms with van der Waals surface area (Å²) < 4.78 is 1.59. The molecule has 6 heteroatoms. The van der Waals surface area contributed by atoms with Gasteiger partial charge in [0, 0.05) is 18.5 Å². The van der Waals surface area contributed by atoms with Crippen molar-refractivity contribution in [1.82, 2.24) is 19.9 Å². The van der Waals surface area contributed by atoms with Gasteiger partial charge in [0.05, 0.1) is 11.6 Å². The van der Waals surface area contributed by atoms with E-state index in [0.717, 1.165) is 27.6 Å². The summed E-state index contributed by atoms with van der Waals surface area (Å²) in [4.78, 5) is 12.1. The van der Waals surface area contributed by atoms with Crippen molar-refractivity contribution in [2.24, 2.45) is 0 Å². The number of nitrogens with zero attached hydrogens (tertiary/aromatic N) is 2. The minimum Gasteiger partial charge on any atom is -0.392 e. The zero-order valence-corrected chi connectivity index (χ0v) is 14.4. The molecule has 0 radical (unpaired) electrons. The molecule has 26 heavy (non-hydrogen) atoms. The monoisotopic (exact) mass is 348 g/mol. The van der Waals surface area contributed by atoms with Gasteiger partial charge in [0.1, 0.15) is 0 Å². The molecule has 0 amide bonds. The van der Waals surface area contributed by atoms with Gasteiger partial charge in [0.15, 0.2) is 5.65 Å². The normalized spacial score (nSPS) is 12.7. The summed E-state index contributed by atoms with van der Waals surface area (Å²) >= 11 is 0. The summed E-state index contributed by atoms with van der Waals surface area (Å²) in [5.41, 5.74) is 4.46. The van der Waals surface area contributed by atoms with E-state index < -0.39 is 0 Å². The van der Waals surface area contributed by atoms with Gasteiger partial charge in [-0.05, 0) is 35.7 Å². The molecule has 3 N–H and O–H groups in total. The summed E-state index contributed by atoms with van der Waals surface area (Å²) in [6.45, 7) is 3.04. The third-order valence-electron chi connectivity index (χ3n) is 4.44. The van der Waals surface area contributed by atoms with E-state index in [0.29, 0.717) is 18.7 Å². The van der Waals surface area contributed by atoms with Crippen LogP contribution in [0.25, 0.3) is 27.7 Å². The first-order valence-electron chi connectivity index (χ1n) is 8.60. The number of aromatic nitrogens is 3. The number of para-hydroxylation sites is 1. The second kappa shape index (κ2) is 6.74. The molecule has 0 bridgehead atoms. The van der Waals surface area contributed by atoms with Crippen LogP contribution < -0.4 is 11.0 Å². The van der Waals surface area contributed by atoms with Crippen molar-refractivity contribution < 1.29 is 5.11 Å². The number of nitrogens with one attached hydrogen (secondary N) is 2. The Morgan fingerprint density at radius 2 is 1.96 bits per heavy atom. The van der Waals surface area contributed by atoms with E-state index in [9.17, 15) is 9.90 Å². The Morgan fingerprint density at radius 1 is 1.19 bits per heavy atom. The molecule has 1 atom stereocenters. The number of aliphatic hydroxyl groups excluding tert-OH is 1. The van der Waals surface area contributed by atoms with Crippen LogP contribution in [0.1, 0.15) is 12.5 Å². The van der Waals surface area contributed by atoms with Crippen LogP contribution in [0.15, 0.2) is 59.4 Å². The number of hydrogen-bond acceptors (Lipinski definition) is 4. The molecule has 132 valence electrons. The van der Waals surface area contributed by atoms with E-state index >= 15 is 0 Å². The molecular formula is C20H20N4O2. The molecule has 0 saturated carbocycles. The topological polar surface area (TPSA) is 82.4 Å². The lowest BCUT2D eigenvalue weighted by molar-refractivity contribution is 0.191. The van der Waals surface area contributed by atoms with E-state index in [1.54, 1.807) is 11.3 Å². The fourth-order valence-electron chi connectivity index (χ4n) is 3.21. The maximum atomic E-state index is 12.1. The molecule has 0 spiro atoms. The summed E-state index contributed by atoms with van der Waals surface area (Å²) in [5.74, 6) is 0. The SMILES string of the molecule is CC(O)CNCc1ccc(-c2cc3n[nH]c(=O)n3c3ccccc23)cc1. The number of H-pyrrole nitrogens is 1. The van der Waals surface area contributed by atoms with Crippen LogP contribution in [0.2, 0.25) is 0 Å². The van der Waals surface area contributed by atoms with Crippen LogP contribution in [0.3, 0.4) is 0 Å². The van der Waals surface area contributed by atoms with Gasteiger partial charge in [-0.1, -0.05) is 42.5 Å². The third kappa shape index (κ3) is 3.00. The maximum absolute atomic E-state index is 12.1. The Labute approximate surface area is 150 Å². The Balaban J connectivity index is 1.75. The van der Waals surface area contributed by atoms with Gasteiger partial charge in [0.25, 0.3) is 0 Å². The molecule has 1 unspecified atom stereocenters. The van der Waals surface area contributed by atoms with Gasteiger partial charge in [-0.25, -0.2) is 14.3 Å². The Kier molecular flexibility index (Phi) is 4.28. The van der Waals surface area contributed by atoms with Gasteiger partial charge >= 0.3 is 5.69 Å². The van der Waals surface area contributed by atoms with Crippen molar-refractivity contribution >= 4 is 16.6 Å². The van der Waals surface area contributed by atoms with Crippen molar-refractivity contribution in [1.29, 1.82) is 0 Å². The van der Waals surface area contributed by atoms with Crippen LogP contribution in [-0.2, 0) is 6.54 Å². The molecule has 4 rings (SSSR count). The number of aromatic amines is 1. The smallest absolute Gasteiger partial charge is 0.348 e. The fourth-order valence-corrected chi connectivity index (χ4v) is 3.21. The number of fused-ring (bicyclic) bond motifs is 3. The highest BCUT2D eigenvalue weighted by Gasteiger charge is 2.11. The minimum atomic E-state index is -0.357. The predicted molar refractivity (Wildman–Crippen MR) is 102 cm³/mol. The maximum Gasteiger partial charge on any atom is 0.348 e. The summed E-state index contributed by atoms with van der Waals surface area (Å²) in [6, 6.07) is 18.0. The quantitative estimate of drug-likeness (QED) is 0.517. The van der Waals surface area contributed by atoms with Gasteiger partial charge in [-0.3, -0.25) is 0 Å². The van der Waals surface area contributed by atoms with Gasteiger partial charge in [-0.2, -0.15) is 5.10 Å². The standard InChI is InChI=1S/C20H20N4O2/c1-13(25)11-21-12-14-6-8-15(9-7-14)17-10-19-22-23-20(26)24(19)18-5-3-2-4-16(17)18/h2-10,13,21,25H,11-12H2,1H3,(H,23,26). The summed E-state index contributed by atoms with van der Waals surface area (Å²) in [7, 11) is 0. The van der Waals surface area contributed by atoms with E-state index in [1.807, 2.05) is 30.3 Å². The molecule has 2 heterocycles. The van der Waals surface area contributed by atoms with Crippen molar-refractivity contribution in [3.05, 3.63) is 70.6 Å². The van der Waals surface area contributed by atoms with E-state index in [-0.39, 0.29) is 11.8 Å². The van der Waals surface area contributed by atoms with Gasteiger partial charge in [-0.15, -0.1) is 0 Å². The fraction of sp³-hybridized carbons (Fsp3) is 0.200. The van der Waals surface area contributed by atoms with E-state index in [2.05, 4.69) is 39.8 Å². The van der Waals surface area contributed by atoms with E-state index in [1.165, 1.54) is 0 Å². The van der Waals surface area contributed by atoms with Crippen LogP contribution in [0.4, 0.5) is 0 Å². The average molecular weight is 348 g/mol. The van der Waals surface area contributed by atoms with Crippen molar-refractivity contribution in [3.63, 3.8) is 0 Å².